The lowest BCUT2D eigenvalue weighted by atomic mass is 10.3. The zero-order valence-electron chi connectivity index (χ0n) is 5.83. The number of aromatic nitrogens is 1. The van der Waals surface area contributed by atoms with Crippen molar-refractivity contribution in [2.45, 2.75) is 6.10 Å². The number of alkyl carbamates (subject to hydrolysis) is 1. The number of amides is 1. The summed E-state index contributed by atoms with van der Waals surface area (Å²) in [4.78, 5) is 13.6. The summed E-state index contributed by atoms with van der Waals surface area (Å²) in [5.74, 6) is 0. The van der Waals surface area contributed by atoms with Gasteiger partial charge in [-0.25, -0.2) is 4.79 Å². The summed E-state index contributed by atoms with van der Waals surface area (Å²) in [6.07, 6.45) is 1.32. The fourth-order valence-electron chi connectivity index (χ4n) is 1.11. The Morgan fingerprint density at radius 2 is 2.55 bits per heavy atom. The topological polar surface area (TPSA) is 54.1 Å². The van der Waals surface area contributed by atoms with Crippen LogP contribution in [0.2, 0.25) is 0 Å². The number of aromatic amines is 1. The number of hydrogen-bond donors (Lipinski definition) is 2. The second-order valence-electron chi connectivity index (χ2n) is 2.40. The lowest BCUT2D eigenvalue weighted by Gasteiger charge is -2.02. The Morgan fingerprint density at radius 1 is 1.64 bits per heavy atom. The SMILES string of the molecule is O=C1NCC(c2ccc[nH]2)O1. The predicted octanol–water partition coefficient (Wildman–Crippen LogP) is 0.796. The maximum Gasteiger partial charge on any atom is 0.408 e. The van der Waals surface area contributed by atoms with Crippen LogP contribution in [-0.2, 0) is 4.74 Å². The quantitative estimate of drug-likeness (QED) is 0.625. The lowest BCUT2D eigenvalue weighted by Crippen LogP contribution is -2.12. The van der Waals surface area contributed by atoms with Gasteiger partial charge in [0.15, 0.2) is 6.10 Å². The lowest BCUT2D eigenvalue weighted by molar-refractivity contribution is 0.139. The van der Waals surface area contributed by atoms with E-state index in [1.807, 2.05) is 18.3 Å². The van der Waals surface area contributed by atoms with E-state index in [-0.39, 0.29) is 12.2 Å². The Hall–Kier alpha value is -1.45. The van der Waals surface area contributed by atoms with E-state index in [9.17, 15) is 4.79 Å². The first-order valence-electron chi connectivity index (χ1n) is 3.44. The van der Waals surface area contributed by atoms with Gasteiger partial charge in [0.05, 0.1) is 12.2 Å². The Morgan fingerprint density at radius 3 is 3.09 bits per heavy atom. The molecule has 0 bridgehead atoms. The monoisotopic (exact) mass is 152 g/mol. The summed E-state index contributed by atoms with van der Waals surface area (Å²) in [7, 11) is 0. The molecule has 1 aromatic rings. The van der Waals surface area contributed by atoms with Crippen LogP contribution in [0, 0.1) is 0 Å². The molecule has 4 nitrogen and oxygen atoms in total. The van der Waals surface area contributed by atoms with Crippen molar-refractivity contribution in [3.05, 3.63) is 24.0 Å². The molecule has 11 heavy (non-hydrogen) atoms. The van der Waals surface area contributed by atoms with Crippen LogP contribution in [0.15, 0.2) is 18.3 Å². The molecule has 1 saturated heterocycles. The van der Waals surface area contributed by atoms with E-state index < -0.39 is 0 Å². The van der Waals surface area contributed by atoms with Gasteiger partial charge in [-0.2, -0.15) is 0 Å². The highest BCUT2D eigenvalue weighted by molar-refractivity contribution is 5.69. The van der Waals surface area contributed by atoms with E-state index >= 15 is 0 Å². The molecular weight excluding hydrogens is 144 g/mol. The second-order valence-corrected chi connectivity index (χ2v) is 2.40. The van der Waals surface area contributed by atoms with E-state index in [1.54, 1.807) is 0 Å². The van der Waals surface area contributed by atoms with Gasteiger partial charge in [-0.1, -0.05) is 0 Å². The van der Waals surface area contributed by atoms with Crippen LogP contribution in [0.25, 0.3) is 0 Å². The number of carbonyl (C=O) groups is 1. The van der Waals surface area contributed by atoms with E-state index in [0.29, 0.717) is 6.54 Å². The van der Waals surface area contributed by atoms with Crippen LogP contribution < -0.4 is 5.32 Å². The van der Waals surface area contributed by atoms with Gasteiger partial charge in [-0.15, -0.1) is 0 Å². The largest absolute Gasteiger partial charge is 0.438 e. The highest BCUT2D eigenvalue weighted by atomic mass is 16.6. The van der Waals surface area contributed by atoms with Crippen molar-refractivity contribution in [3.8, 4) is 0 Å². The molecule has 0 radical (unpaired) electrons. The predicted molar refractivity (Wildman–Crippen MR) is 38.0 cm³/mol. The molecule has 0 aliphatic carbocycles. The van der Waals surface area contributed by atoms with E-state index in [4.69, 9.17) is 4.74 Å². The number of cyclic esters (lactones) is 1. The molecule has 0 spiro atoms. The van der Waals surface area contributed by atoms with Gasteiger partial charge in [0, 0.05) is 6.20 Å². The molecular formula is C7H8N2O2. The number of carbonyl (C=O) groups excluding carboxylic acids is 1. The Bertz CT molecular complexity index is 255. The van der Waals surface area contributed by atoms with Crippen molar-refractivity contribution in [1.29, 1.82) is 0 Å². The van der Waals surface area contributed by atoms with Crippen LogP contribution in [0.1, 0.15) is 11.8 Å². The molecule has 0 saturated carbocycles. The van der Waals surface area contributed by atoms with E-state index in [2.05, 4.69) is 10.3 Å². The smallest absolute Gasteiger partial charge is 0.408 e. The highest BCUT2D eigenvalue weighted by Gasteiger charge is 2.24. The third kappa shape index (κ3) is 1.07. The van der Waals surface area contributed by atoms with Crippen molar-refractivity contribution < 1.29 is 9.53 Å². The molecule has 2 rings (SSSR count). The van der Waals surface area contributed by atoms with Crippen molar-refractivity contribution in [2.75, 3.05) is 6.54 Å². The van der Waals surface area contributed by atoms with Crippen molar-refractivity contribution in [2.24, 2.45) is 0 Å². The van der Waals surface area contributed by atoms with Gasteiger partial charge in [0.2, 0.25) is 0 Å². The third-order valence-electron chi connectivity index (χ3n) is 1.65. The van der Waals surface area contributed by atoms with Gasteiger partial charge in [0.25, 0.3) is 0 Å². The third-order valence-corrected chi connectivity index (χ3v) is 1.65. The standard InChI is InChI=1S/C7H8N2O2/c10-7-9-4-6(11-7)5-2-1-3-8-5/h1-3,6,8H,4H2,(H,9,10). The highest BCUT2D eigenvalue weighted by Crippen LogP contribution is 2.17. The van der Waals surface area contributed by atoms with Gasteiger partial charge in [-0.3, -0.25) is 0 Å². The summed E-state index contributed by atoms with van der Waals surface area (Å²) < 4.78 is 4.92. The van der Waals surface area contributed by atoms with Gasteiger partial charge < -0.3 is 15.0 Å². The molecule has 1 aromatic heterocycles. The molecule has 1 amide bonds. The van der Waals surface area contributed by atoms with Crippen LogP contribution in [-0.4, -0.2) is 17.6 Å². The fraction of sp³-hybridized carbons (Fsp3) is 0.286. The number of ether oxygens (including phenoxy) is 1. The van der Waals surface area contributed by atoms with Crippen molar-refractivity contribution in [3.63, 3.8) is 0 Å². The summed E-state index contributed by atoms with van der Waals surface area (Å²) >= 11 is 0. The first-order valence-corrected chi connectivity index (χ1v) is 3.44. The minimum atomic E-state index is -0.343. The van der Waals surface area contributed by atoms with Gasteiger partial charge in [-0.05, 0) is 12.1 Å². The molecule has 1 unspecified atom stereocenters. The summed E-state index contributed by atoms with van der Waals surface area (Å²) in [6.45, 7) is 0.555. The zero-order chi connectivity index (χ0) is 7.68. The number of nitrogens with one attached hydrogen (secondary N) is 2. The van der Waals surface area contributed by atoms with E-state index in [0.717, 1.165) is 5.69 Å². The minimum absolute atomic E-state index is 0.141. The number of rotatable bonds is 1. The molecule has 1 aliphatic rings. The molecule has 4 heteroatoms. The van der Waals surface area contributed by atoms with Crippen molar-refractivity contribution in [1.82, 2.24) is 10.3 Å². The molecule has 58 valence electrons. The average molecular weight is 152 g/mol. The van der Waals surface area contributed by atoms with Crippen LogP contribution in [0.3, 0.4) is 0 Å². The first-order chi connectivity index (χ1) is 5.36. The maximum absolute atomic E-state index is 10.6. The molecule has 2 heterocycles. The summed E-state index contributed by atoms with van der Waals surface area (Å²) in [5.41, 5.74) is 0.934. The number of hydrogen-bond acceptors (Lipinski definition) is 2. The zero-order valence-corrected chi connectivity index (χ0v) is 5.83. The molecule has 1 fully saturated rings. The summed E-state index contributed by atoms with van der Waals surface area (Å²) in [6, 6.07) is 3.77. The molecule has 0 aromatic carbocycles. The number of H-pyrrole nitrogens is 1. The maximum atomic E-state index is 10.6. The van der Waals surface area contributed by atoms with Crippen LogP contribution >= 0.6 is 0 Å². The molecule has 1 aliphatic heterocycles. The van der Waals surface area contributed by atoms with Crippen LogP contribution in [0.5, 0.6) is 0 Å². The average Bonchev–Trinajstić information content (AvgIpc) is 2.55. The normalized spacial score (nSPS) is 22.9. The molecule has 2 N–H and O–H groups in total. The van der Waals surface area contributed by atoms with Gasteiger partial charge >= 0.3 is 6.09 Å². The Labute approximate surface area is 63.6 Å². The van der Waals surface area contributed by atoms with E-state index in [1.165, 1.54) is 0 Å². The Balaban J connectivity index is 2.13. The minimum Gasteiger partial charge on any atom is -0.438 e. The fourth-order valence-corrected chi connectivity index (χ4v) is 1.11. The van der Waals surface area contributed by atoms with Gasteiger partial charge in [0.1, 0.15) is 0 Å². The van der Waals surface area contributed by atoms with Crippen LogP contribution in [0.4, 0.5) is 4.79 Å². The first kappa shape index (κ1) is 6.27. The summed E-state index contributed by atoms with van der Waals surface area (Å²) in [5, 5.41) is 2.58. The molecule has 1 atom stereocenters. The second kappa shape index (κ2) is 2.30. The Kier molecular flexibility index (Phi) is 1.31. The van der Waals surface area contributed by atoms with Crippen molar-refractivity contribution >= 4 is 6.09 Å².